The Morgan fingerprint density at radius 2 is 1.76 bits per heavy atom. The van der Waals surface area contributed by atoms with Gasteiger partial charge >= 0.3 is 11.9 Å². The Labute approximate surface area is 122 Å². The van der Waals surface area contributed by atoms with Crippen LogP contribution in [0.2, 0.25) is 0 Å². The lowest BCUT2D eigenvalue weighted by Crippen LogP contribution is -2.36. The molecule has 8 heteroatoms. The summed E-state index contributed by atoms with van der Waals surface area (Å²) in [4.78, 5) is 39.8. The first-order chi connectivity index (χ1) is 10.0. The molecule has 0 aliphatic heterocycles. The maximum Gasteiger partial charge on any atom is 0.325 e. The lowest BCUT2D eigenvalue weighted by atomic mass is 10.2. The zero-order chi connectivity index (χ0) is 15.8. The maximum absolute atomic E-state index is 11.6. The van der Waals surface area contributed by atoms with Gasteiger partial charge in [0.2, 0.25) is 0 Å². The Hall–Kier alpha value is -2.64. The number of amides is 1. The number of rotatable bonds is 6. The number of anilines is 1. The van der Waals surface area contributed by atoms with Gasteiger partial charge in [-0.15, -0.1) is 0 Å². The molecule has 0 aliphatic carbocycles. The van der Waals surface area contributed by atoms with Crippen LogP contribution in [0.3, 0.4) is 0 Å². The van der Waals surface area contributed by atoms with Gasteiger partial charge in [-0.25, -0.2) is 0 Å². The molecule has 1 aromatic heterocycles. The van der Waals surface area contributed by atoms with Crippen LogP contribution in [-0.2, 0) is 19.1 Å². The van der Waals surface area contributed by atoms with Crippen LogP contribution in [0.5, 0.6) is 0 Å². The third-order valence-corrected chi connectivity index (χ3v) is 2.66. The summed E-state index contributed by atoms with van der Waals surface area (Å²) < 4.78 is 9.18. The molecule has 0 saturated carbocycles. The molecule has 114 valence electrons. The molecule has 0 atom stereocenters. The van der Waals surface area contributed by atoms with E-state index in [1.807, 2.05) is 0 Å². The van der Waals surface area contributed by atoms with Crippen molar-refractivity contribution < 1.29 is 23.9 Å². The minimum atomic E-state index is -0.516. The zero-order valence-electron chi connectivity index (χ0n) is 12.1. The molecule has 0 aliphatic rings. The molecule has 0 fully saturated rings. The monoisotopic (exact) mass is 295 g/mol. The van der Waals surface area contributed by atoms with Crippen molar-refractivity contribution in [1.29, 1.82) is 0 Å². The van der Waals surface area contributed by atoms with Crippen LogP contribution < -0.4 is 10.2 Å². The van der Waals surface area contributed by atoms with E-state index in [1.165, 1.54) is 38.4 Å². The van der Waals surface area contributed by atoms with Crippen molar-refractivity contribution in [3.05, 3.63) is 24.0 Å². The molecule has 0 saturated heterocycles. The molecule has 8 nitrogen and oxygen atoms in total. The largest absolute Gasteiger partial charge is 0.468 e. The van der Waals surface area contributed by atoms with Crippen LogP contribution in [0.15, 0.2) is 18.3 Å². The molecule has 1 aromatic rings. The quantitative estimate of drug-likeness (QED) is 0.713. The van der Waals surface area contributed by atoms with Crippen molar-refractivity contribution in [2.45, 2.75) is 0 Å². The standard InChI is InChI=1S/C13H17N3O5/c1-14-13(19)10-6-9(4-5-15-10)16(7-11(17)20-2)8-12(18)21-3/h4-6H,7-8H2,1-3H3,(H,14,19). The number of hydrogen-bond donors (Lipinski definition) is 1. The van der Waals surface area contributed by atoms with Gasteiger partial charge in [0, 0.05) is 18.9 Å². The highest BCUT2D eigenvalue weighted by Gasteiger charge is 2.17. The van der Waals surface area contributed by atoms with E-state index in [-0.39, 0.29) is 24.7 Å². The summed E-state index contributed by atoms with van der Waals surface area (Å²) in [6.45, 7) is -0.300. The van der Waals surface area contributed by atoms with E-state index in [9.17, 15) is 14.4 Å². The first-order valence-corrected chi connectivity index (χ1v) is 6.08. The van der Waals surface area contributed by atoms with Gasteiger partial charge < -0.3 is 19.7 Å². The summed E-state index contributed by atoms with van der Waals surface area (Å²) in [7, 11) is 3.99. The number of methoxy groups -OCH3 is 2. The van der Waals surface area contributed by atoms with E-state index < -0.39 is 11.9 Å². The van der Waals surface area contributed by atoms with Crippen molar-refractivity contribution in [2.75, 3.05) is 39.3 Å². The van der Waals surface area contributed by atoms with E-state index in [4.69, 9.17) is 0 Å². The molecular weight excluding hydrogens is 278 g/mol. The normalized spacial score (nSPS) is 9.67. The predicted octanol–water partition coefficient (Wildman–Crippen LogP) is -0.406. The lowest BCUT2D eigenvalue weighted by molar-refractivity contribution is -0.140. The number of carbonyl (C=O) groups is 3. The highest BCUT2D eigenvalue weighted by atomic mass is 16.5. The van der Waals surface area contributed by atoms with Crippen molar-refractivity contribution in [3.8, 4) is 0 Å². The number of nitrogens with one attached hydrogen (secondary N) is 1. The van der Waals surface area contributed by atoms with Gasteiger partial charge in [0.25, 0.3) is 5.91 Å². The number of pyridine rings is 1. The average molecular weight is 295 g/mol. The van der Waals surface area contributed by atoms with Crippen LogP contribution in [-0.4, -0.2) is 57.2 Å². The smallest absolute Gasteiger partial charge is 0.325 e. The van der Waals surface area contributed by atoms with E-state index >= 15 is 0 Å². The summed E-state index contributed by atoms with van der Waals surface area (Å²) >= 11 is 0. The van der Waals surface area contributed by atoms with Crippen LogP contribution >= 0.6 is 0 Å². The summed E-state index contributed by atoms with van der Waals surface area (Å²) in [5.74, 6) is -1.40. The number of ether oxygens (including phenoxy) is 2. The topological polar surface area (TPSA) is 97.8 Å². The number of carbonyl (C=O) groups excluding carboxylic acids is 3. The fourth-order valence-electron chi connectivity index (χ4n) is 1.55. The summed E-state index contributed by atoms with van der Waals surface area (Å²) in [5.41, 5.74) is 0.661. The SMILES string of the molecule is CNC(=O)c1cc(N(CC(=O)OC)CC(=O)OC)ccn1. The summed E-state index contributed by atoms with van der Waals surface area (Å²) in [6, 6.07) is 3.06. The zero-order valence-corrected chi connectivity index (χ0v) is 12.1. The van der Waals surface area contributed by atoms with Crippen LogP contribution in [0.25, 0.3) is 0 Å². The molecule has 1 amide bonds. The van der Waals surface area contributed by atoms with Crippen molar-refractivity contribution in [2.24, 2.45) is 0 Å². The van der Waals surface area contributed by atoms with Crippen molar-refractivity contribution in [3.63, 3.8) is 0 Å². The fourth-order valence-corrected chi connectivity index (χ4v) is 1.55. The van der Waals surface area contributed by atoms with Gasteiger partial charge in [0.15, 0.2) is 0 Å². The minimum Gasteiger partial charge on any atom is -0.468 e. The second kappa shape index (κ2) is 7.83. The van der Waals surface area contributed by atoms with Gasteiger partial charge in [-0.3, -0.25) is 19.4 Å². The lowest BCUT2D eigenvalue weighted by Gasteiger charge is -2.22. The van der Waals surface area contributed by atoms with Crippen molar-refractivity contribution >= 4 is 23.5 Å². The van der Waals surface area contributed by atoms with Gasteiger partial charge in [0.05, 0.1) is 14.2 Å². The summed E-state index contributed by atoms with van der Waals surface area (Å²) in [6.07, 6.45) is 1.42. The molecule has 1 rings (SSSR count). The predicted molar refractivity (Wildman–Crippen MR) is 73.9 cm³/mol. The van der Waals surface area contributed by atoms with E-state index in [2.05, 4.69) is 19.8 Å². The molecule has 0 radical (unpaired) electrons. The second-order valence-corrected chi connectivity index (χ2v) is 3.99. The Kier molecular flexibility index (Phi) is 6.12. The molecule has 0 unspecified atom stereocenters. The van der Waals surface area contributed by atoms with Gasteiger partial charge in [-0.2, -0.15) is 0 Å². The number of aromatic nitrogens is 1. The molecular formula is C13H17N3O5. The third-order valence-electron chi connectivity index (χ3n) is 2.66. The first-order valence-electron chi connectivity index (χ1n) is 6.08. The number of nitrogens with zero attached hydrogens (tertiary/aromatic N) is 2. The van der Waals surface area contributed by atoms with Crippen LogP contribution in [0, 0.1) is 0 Å². The second-order valence-electron chi connectivity index (χ2n) is 3.99. The molecule has 1 N–H and O–H groups in total. The summed E-state index contributed by atoms with van der Waals surface area (Å²) in [5, 5.41) is 2.45. The minimum absolute atomic E-state index is 0.150. The average Bonchev–Trinajstić information content (AvgIpc) is 2.53. The van der Waals surface area contributed by atoms with Crippen LogP contribution in [0.1, 0.15) is 10.5 Å². The van der Waals surface area contributed by atoms with Gasteiger partial charge in [-0.1, -0.05) is 0 Å². The van der Waals surface area contributed by atoms with E-state index in [0.29, 0.717) is 5.69 Å². The molecule has 0 aromatic carbocycles. The van der Waals surface area contributed by atoms with Crippen molar-refractivity contribution in [1.82, 2.24) is 10.3 Å². The number of esters is 2. The molecule has 0 spiro atoms. The Morgan fingerprint density at radius 1 is 1.19 bits per heavy atom. The van der Waals surface area contributed by atoms with Crippen LogP contribution in [0.4, 0.5) is 5.69 Å². The fraction of sp³-hybridized carbons (Fsp3) is 0.385. The molecule has 1 heterocycles. The third kappa shape index (κ3) is 4.75. The van der Waals surface area contributed by atoms with E-state index in [0.717, 1.165) is 0 Å². The maximum atomic E-state index is 11.6. The Balaban J connectivity index is 3.03. The Morgan fingerprint density at radius 3 is 2.24 bits per heavy atom. The molecule has 0 bridgehead atoms. The van der Waals surface area contributed by atoms with Gasteiger partial charge in [0.1, 0.15) is 18.8 Å². The highest BCUT2D eigenvalue weighted by molar-refractivity contribution is 5.93. The molecule has 21 heavy (non-hydrogen) atoms. The van der Waals surface area contributed by atoms with E-state index in [1.54, 1.807) is 6.07 Å². The Bertz CT molecular complexity index is 514. The van der Waals surface area contributed by atoms with Gasteiger partial charge in [-0.05, 0) is 12.1 Å². The number of hydrogen-bond acceptors (Lipinski definition) is 7. The first kappa shape index (κ1) is 16.4. The highest BCUT2D eigenvalue weighted by Crippen LogP contribution is 2.14.